The Kier molecular flexibility index (Phi) is 17.0. The van der Waals surface area contributed by atoms with Crippen LogP contribution in [0.4, 0.5) is 0 Å². The second-order valence-electron chi connectivity index (χ2n) is 8.87. The quantitative estimate of drug-likeness (QED) is 0.230. The Morgan fingerprint density at radius 3 is 1.47 bits per heavy atom. The van der Waals surface area contributed by atoms with Gasteiger partial charge in [-0.2, -0.15) is 0 Å². The Balaban J connectivity index is 1.85. The maximum absolute atomic E-state index is 9.91. The van der Waals surface area contributed by atoms with Crippen LogP contribution in [0.2, 0.25) is 0 Å². The first-order chi connectivity index (χ1) is 14.6. The lowest BCUT2D eigenvalue weighted by atomic mass is 9.99. The molecule has 0 bridgehead atoms. The highest BCUT2D eigenvalue weighted by Crippen LogP contribution is 2.22. The maximum atomic E-state index is 9.91. The van der Waals surface area contributed by atoms with Gasteiger partial charge in [0.1, 0.15) is 24.4 Å². The molecule has 1 fully saturated rings. The van der Waals surface area contributed by atoms with E-state index in [1.54, 1.807) is 0 Å². The third-order valence-corrected chi connectivity index (χ3v) is 6.13. The highest BCUT2D eigenvalue weighted by Gasteiger charge is 2.43. The summed E-state index contributed by atoms with van der Waals surface area (Å²) in [7, 11) is 0. The molecule has 180 valence electrons. The molecule has 0 amide bonds. The van der Waals surface area contributed by atoms with E-state index in [1.807, 2.05) is 0 Å². The van der Waals surface area contributed by atoms with Crippen molar-refractivity contribution in [2.75, 3.05) is 13.2 Å². The van der Waals surface area contributed by atoms with E-state index in [2.05, 4.69) is 6.92 Å². The molecule has 0 spiro atoms. The number of unbranched alkanes of at least 4 members (excludes halogenated alkanes) is 15. The Hall–Kier alpha value is -0.240. The molecule has 1 saturated heterocycles. The first kappa shape index (κ1) is 27.8. The van der Waals surface area contributed by atoms with Crippen molar-refractivity contribution < 1.29 is 29.9 Å². The van der Waals surface area contributed by atoms with E-state index in [4.69, 9.17) is 9.47 Å². The fourth-order valence-electron chi connectivity index (χ4n) is 4.05. The lowest BCUT2D eigenvalue weighted by molar-refractivity contribution is -0.301. The Bertz CT molecular complexity index is 379. The number of aliphatic hydroxyl groups excluding tert-OH is 4. The van der Waals surface area contributed by atoms with Gasteiger partial charge < -0.3 is 29.9 Å². The second kappa shape index (κ2) is 18.3. The number of hydrogen-bond acceptors (Lipinski definition) is 6. The molecule has 6 heteroatoms. The summed E-state index contributed by atoms with van der Waals surface area (Å²) in [5, 5.41) is 38.6. The normalized spacial score (nSPS) is 26.9. The molecule has 1 aliphatic heterocycles. The summed E-state index contributed by atoms with van der Waals surface area (Å²) in [5.41, 5.74) is 0. The van der Waals surface area contributed by atoms with E-state index in [0.29, 0.717) is 6.61 Å². The predicted molar refractivity (Wildman–Crippen MR) is 119 cm³/mol. The average molecular weight is 433 g/mol. The van der Waals surface area contributed by atoms with Crippen molar-refractivity contribution in [1.82, 2.24) is 0 Å². The number of ether oxygens (including phenoxy) is 2. The van der Waals surface area contributed by atoms with Crippen LogP contribution in [0, 0.1) is 0 Å². The molecule has 0 aliphatic carbocycles. The van der Waals surface area contributed by atoms with Crippen molar-refractivity contribution in [3.63, 3.8) is 0 Å². The van der Waals surface area contributed by atoms with Crippen LogP contribution in [0.15, 0.2) is 0 Å². The topological polar surface area (TPSA) is 99.4 Å². The number of rotatable bonds is 19. The summed E-state index contributed by atoms with van der Waals surface area (Å²) in [5.74, 6) is 0. The first-order valence-electron chi connectivity index (χ1n) is 12.5. The Labute approximate surface area is 184 Å². The van der Waals surface area contributed by atoms with Crippen LogP contribution in [-0.2, 0) is 9.47 Å². The van der Waals surface area contributed by atoms with Crippen LogP contribution in [0.25, 0.3) is 0 Å². The minimum atomic E-state index is -1.37. The van der Waals surface area contributed by atoms with Crippen molar-refractivity contribution >= 4 is 0 Å². The fraction of sp³-hybridized carbons (Fsp3) is 1.00. The molecule has 0 aromatic rings. The van der Waals surface area contributed by atoms with Gasteiger partial charge in [-0.05, 0) is 6.42 Å². The van der Waals surface area contributed by atoms with Gasteiger partial charge >= 0.3 is 0 Å². The Morgan fingerprint density at radius 1 is 0.600 bits per heavy atom. The molecule has 0 radical (unpaired) electrons. The molecule has 4 N–H and O–H groups in total. The van der Waals surface area contributed by atoms with Gasteiger partial charge in [0.2, 0.25) is 0 Å². The summed E-state index contributed by atoms with van der Waals surface area (Å²) < 4.78 is 10.8. The highest BCUT2D eigenvalue weighted by atomic mass is 16.7. The molecule has 0 saturated carbocycles. The van der Waals surface area contributed by atoms with Crippen LogP contribution in [0.5, 0.6) is 0 Å². The van der Waals surface area contributed by atoms with E-state index >= 15 is 0 Å². The molecule has 1 heterocycles. The summed E-state index contributed by atoms with van der Waals surface area (Å²) in [4.78, 5) is 0. The van der Waals surface area contributed by atoms with E-state index in [-0.39, 0.29) is 0 Å². The minimum Gasteiger partial charge on any atom is -0.394 e. The van der Waals surface area contributed by atoms with Crippen molar-refractivity contribution in [1.29, 1.82) is 0 Å². The minimum absolute atomic E-state index is 0.427. The van der Waals surface area contributed by atoms with E-state index < -0.39 is 37.3 Å². The van der Waals surface area contributed by atoms with Crippen LogP contribution in [0.3, 0.4) is 0 Å². The SMILES string of the molecule is CCCCCCCCCCCCCCCCCCO[C@H]1O[C@H](CO)[C@H](O)[C@H](O)[C@H]1O. The van der Waals surface area contributed by atoms with Crippen molar-refractivity contribution in [3.05, 3.63) is 0 Å². The van der Waals surface area contributed by atoms with E-state index in [9.17, 15) is 20.4 Å². The molecule has 0 unspecified atom stereocenters. The van der Waals surface area contributed by atoms with Gasteiger partial charge in [-0.15, -0.1) is 0 Å². The molecular weight excluding hydrogens is 384 g/mol. The predicted octanol–water partition coefficient (Wildman–Crippen LogP) is 4.06. The monoisotopic (exact) mass is 432 g/mol. The van der Waals surface area contributed by atoms with Crippen LogP contribution >= 0.6 is 0 Å². The zero-order chi connectivity index (χ0) is 22.0. The standard InChI is InChI=1S/C24H48O6/c1-2-3-4-5-6-7-8-9-10-11-12-13-14-15-16-17-18-29-24-23(28)22(27)21(26)20(19-25)30-24/h20-28H,2-19H2,1H3/t20-,21+,22+,23-,24+/m1/s1. The Morgan fingerprint density at radius 2 is 1.03 bits per heavy atom. The summed E-state index contributed by atoms with van der Waals surface area (Å²) in [6.07, 6.45) is 15.0. The average Bonchev–Trinajstić information content (AvgIpc) is 2.75. The third kappa shape index (κ3) is 12.0. The molecule has 5 atom stereocenters. The summed E-state index contributed by atoms with van der Waals surface area (Å²) in [6.45, 7) is 2.27. The van der Waals surface area contributed by atoms with E-state index in [0.717, 1.165) is 12.8 Å². The second-order valence-corrected chi connectivity index (χ2v) is 8.87. The molecule has 0 aromatic heterocycles. The van der Waals surface area contributed by atoms with Gasteiger partial charge in [0.05, 0.1) is 6.61 Å². The molecule has 30 heavy (non-hydrogen) atoms. The van der Waals surface area contributed by atoms with Gasteiger partial charge in [-0.25, -0.2) is 0 Å². The van der Waals surface area contributed by atoms with Crippen LogP contribution < -0.4 is 0 Å². The van der Waals surface area contributed by atoms with Crippen molar-refractivity contribution in [3.8, 4) is 0 Å². The molecule has 6 nitrogen and oxygen atoms in total. The smallest absolute Gasteiger partial charge is 0.186 e. The molecular formula is C24H48O6. The first-order valence-corrected chi connectivity index (χ1v) is 12.5. The van der Waals surface area contributed by atoms with Crippen molar-refractivity contribution in [2.45, 2.75) is 140 Å². The molecule has 1 rings (SSSR count). The largest absolute Gasteiger partial charge is 0.394 e. The van der Waals surface area contributed by atoms with Gasteiger partial charge in [0, 0.05) is 6.61 Å². The lowest BCUT2D eigenvalue weighted by Crippen LogP contribution is -2.59. The highest BCUT2D eigenvalue weighted by molar-refractivity contribution is 4.88. The summed E-state index contributed by atoms with van der Waals surface area (Å²) >= 11 is 0. The van der Waals surface area contributed by atoms with Crippen LogP contribution in [0.1, 0.15) is 110 Å². The fourth-order valence-corrected chi connectivity index (χ4v) is 4.05. The van der Waals surface area contributed by atoms with Gasteiger partial charge in [-0.1, -0.05) is 103 Å². The lowest BCUT2D eigenvalue weighted by Gasteiger charge is -2.39. The maximum Gasteiger partial charge on any atom is 0.186 e. The van der Waals surface area contributed by atoms with Gasteiger partial charge in [-0.3, -0.25) is 0 Å². The van der Waals surface area contributed by atoms with E-state index in [1.165, 1.54) is 89.9 Å². The number of aliphatic hydroxyl groups is 4. The molecule has 0 aromatic carbocycles. The molecule has 1 aliphatic rings. The zero-order valence-corrected chi connectivity index (χ0v) is 19.2. The number of hydrogen-bond donors (Lipinski definition) is 4. The van der Waals surface area contributed by atoms with Gasteiger partial charge in [0.15, 0.2) is 6.29 Å². The summed E-state index contributed by atoms with van der Waals surface area (Å²) in [6, 6.07) is 0. The third-order valence-electron chi connectivity index (χ3n) is 6.13. The van der Waals surface area contributed by atoms with Crippen molar-refractivity contribution in [2.24, 2.45) is 0 Å². The van der Waals surface area contributed by atoms with Crippen LogP contribution in [-0.4, -0.2) is 64.3 Å². The zero-order valence-electron chi connectivity index (χ0n) is 19.2. The van der Waals surface area contributed by atoms with Gasteiger partial charge in [0.25, 0.3) is 0 Å².